The zero-order chi connectivity index (χ0) is 14.2. The lowest BCUT2D eigenvalue weighted by Crippen LogP contribution is -2.53. The van der Waals surface area contributed by atoms with E-state index in [0.717, 1.165) is 37.3 Å². The number of rotatable bonds is 3. The zero-order valence-corrected chi connectivity index (χ0v) is 12.6. The van der Waals surface area contributed by atoms with Crippen molar-refractivity contribution in [1.82, 2.24) is 19.9 Å². The highest BCUT2D eigenvalue weighted by molar-refractivity contribution is 7.86. The van der Waals surface area contributed by atoms with E-state index < -0.39 is 10.8 Å². The van der Waals surface area contributed by atoms with Crippen LogP contribution in [0, 0.1) is 0 Å². The van der Waals surface area contributed by atoms with Crippen LogP contribution < -0.4 is 4.90 Å². The molecule has 0 amide bonds. The van der Waals surface area contributed by atoms with Gasteiger partial charge in [0.25, 0.3) is 0 Å². The summed E-state index contributed by atoms with van der Waals surface area (Å²) in [6, 6.07) is 0. The Kier molecular flexibility index (Phi) is 3.45. The summed E-state index contributed by atoms with van der Waals surface area (Å²) in [5, 5.41) is 0. The number of hydrogen-bond acceptors (Lipinski definition) is 5. The van der Waals surface area contributed by atoms with Crippen LogP contribution in [0.1, 0.15) is 26.7 Å². The third kappa shape index (κ3) is 2.00. The van der Waals surface area contributed by atoms with Crippen molar-refractivity contribution in [3.05, 3.63) is 12.7 Å². The van der Waals surface area contributed by atoms with Crippen molar-refractivity contribution in [2.75, 3.05) is 23.7 Å². The average molecular weight is 293 g/mol. The van der Waals surface area contributed by atoms with Crippen LogP contribution in [0.3, 0.4) is 0 Å². The Hall–Kier alpha value is -1.50. The molecule has 3 rings (SSSR count). The molecular formula is C13H19N5OS. The molecule has 0 radical (unpaired) electrons. The van der Waals surface area contributed by atoms with Crippen LogP contribution in [0.15, 0.2) is 12.7 Å². The molecule has 1 saturated heterocycles. The molecule has 2 aromatic rings. The lowest BCUT2D eigenvalue weighted by molar-refractivity contribution is 0.495. The van der Waals surface area contributed by atoms with Crippen molar-refractivity contribution in [2.45, 2.75) is 31.4 Å². The van der Waals surface area contributed by atoms with E-state index in [4.69, 9.17) is 0 Å². The van der Waals surface area contributed by atoms with Crippen molar-refractivity contribution in [3.8, 4) is 0 Å². The minimum Gasteiger partial charge on any atom is -0.352 e. The molecule has 1 unspecified atom stereocenters. The van der Waals surface area contributed by atoms with Gasteiger partial charge in [-0.2, -0.15) is 0 Å². The molecular weight excluding hydrogens is 274 g/mol. The molecule has 1 atom stereocenters. The Morgan fingerprint density at radius 2 is 2.15 bits per heavy atom. The van der Waals surface area contributed by atoms with Crippen LogP contribution in [0.2, 0.25) is 0 Å². The standard InChI is InChI=1S/C13H19N5OS/c1-3-13(4-2)7-18(5-6-20(13)19)12-10-11(15-8-14-10)16-9-17-12/h8-9H,3-7H2,1-2H3,(H,14,15,16,17). The van der Waals surface area contributed by atoms with Gasteiger partial charge in [-0.3, -0.25) is 4.21 Å². The maximum Gasteiger partial charge on any atom is 0.182 e. The summed E-state index contributed by atoms with van der Waals surface area (Å²) in [4.78, 5) is 18.1. The molecule has 3 heterocycles. The van der Waals surface area contributed by atoms with Gasteiger partial charge < -0.3 is 9.88 Å². The second kappa shape index (κ2) is 5.12. The maximum atomic E-state index is 12.4. The van der Waals surface area contributed by atoms with E-state index >= 15 is 0 Å². The van der Waals surface area contributed by atoms with E-state index in [2.05, 4.69) is 38.7 Å². The molecule has 2 aromatic heterocycles. The fraction of sp³-hybridized carbons (Fsp3) is 0.615. The summed E-state index contributed by atoms with van der Waals surface area (Å²) in [5.41, 5.74) is 1.54. The van der Waals surface area contributed by atoms with E-state index in [1.807, 2.05) is 0 Å². The van der Waals surface area contributed by atoms with Gasteiger partial charge in [-0.25, -0.2) is 15.0 Å². The lowest BCUT2D eigenvalue weighted by Gasteiger charge is -2.41. The van der Waals surface area contributed by atoms with E-state index in [9.17, 15) is 4.21 Å². The van der Waals surface area contributed by atoms with Gasteiger partial charge in [0.05, 0.1) is 11.1 Å². The summed E-state index contributed by atoms with van der Waals surface area (Å²) in [6.07, 6.45) is 5.02. The molecule has 1 aliphatic rings. The molecule has 0 saturated carbocycles. The third-order valence-corrected chi connectivity index (χ3v) is 6.53. The first kappa shape index (κ1) is 13.5. The predicted octanol–water partition coefficient (Wildman–Crippen LogP) is 1.48. The van der Waals surface area contributed by atoms with Crippen LogP contribution in [-0.2, 0) is 10.8 Å². The topological polar surface area (TPSA) is 74.8 Å². The van der Waals surface area contributed by atoms with Gasteiger partial charge in [0.1, 0.15) is 11.8 Å². The quantitative estimate of drug-likeness (QED) is 0.928. The van der Waals surface area contributed by atoms with Crippen molar-refractivity contribution in [2.24, 2.45) is 0 Å². The van der Waals surface area contributed by atoms with E-state index in [1.165, 1.54) is 0 Å². The third-order valence-electron chi connectivity index (χ3n) is 4.30. The van der Waals surface area contributed by atoms with E-state index in [-0.39, 0.29) is 4.75 Å². The van der Waals surface area contributed by atoms with Gasteiger partial charge in [-0.1, -0.05) is 13.8 Å². The van der Waals surface area contributed by atoms with Crippen molar-refractivity contribution in [3.63, 3.8) is 0 Å². The van der Waals surface area contributed by atoms with Gasteiger partial charge in [-0.05, 0) is 12.8 Å². The number of hydrogen-bond donors (Lipinski definition) is 1. The van der Waals surface area contributed by atoms with Crippen LogP contribution >= 0.6 is 0 Å². The highest BCUT2D eigenvalue weighted by Crippen LogP contribution is 2.32. The molecule has 108 valence electrons. The molecule has 7 heteroatoms. The summed E-state index contributed by atoms with van der Waals surface area (Å²) >= 11 is 0. The van der Waals surface area contributed by atoms with E-state index in [0.29, 0.717) is 11.4 Å². The lowest BCUT2D eigenvalue weighted by atomic mass is 10.0. The fourth-order valence-electron chi connectivity index (χ4n) is 2.88. The molecule has 0 aliphatic carbocycles. The number of anilines is 1. The van der Waals surface area contributed by atoms with Gasteiger partial charge in [0.2, 0.25) is 0 Å². The molecule has 1 fully saturated rings. The maximum absolute atomic E-state index is 12.4. The van der Waals surface area contributed by atoms with Crippen molar-refractivity contribution in [1.29, 1.82) is 0 Å². The number of H-pyrrole nitrogens is 1. The Bertz CT molecular complexity index is 636. The number of imidazole rings is 1. The molecule has 0 aromatic carbocycles. The summed E-state index contributed by atoms with van der Waals surface area (Å²) in [7, 11) is -0.766. The Labute approximate surface area is 120 Å². The average Bonchev–Trinajstić information content (AvgIpc) is 2.96. The van der Waals surface area contributed by atoms with Gasteiger partial charge in [0, 0.05) is 29.6 Å². The monoisotopic (exact) mass is 293 g/mol. The normalized spacial score (nSPS) is 22.3. The van der Waals surface area contributed by atoms with Crippen molar-refractivity contribution >= 4 is 27.8 Å². The predicted molar refractivity (Wildman–Crippen MR) is 80.2 cm³/mol. The summed E-state index contributed by atoms with van der Waals surface area (Å²) in [6.45, 7) is 5.78. The first-order chi connectivity index (χ1) is 9.70. The fourth-order valence-corrected chi connectivity index (χ4v) is 4.64. The Morgan fingerprint density at radius 1 is 1.35 bits per heavy atom. The molecule has 1 N–H and O–H groups in total. The number of nitrogens with zero attached hydrogens (tertiary/aromatic N) is 4. The number of fused-ring (bicyclic) bond motifs is 1. The Morgan fingerprint density at radius 3 is 2.90 bits per heavy atom. The first-order valence-electron chi connectivity index (χ1n) is 6.97. The SMILES string of the molecule is CCC1(CC)CN(c2ncnc3nc[nH]c23)CCS1=O. The van der Waals surface area contributed by atoms with Gasteiger partial charge in [-0.15, -0.1) is 0 Å². The minimum absolute atomic E-state index is 0.129. The van der Waals surface area contributed by atoms with Crippen molar-refractivity contribution < 1.29 is 4.21 Å². The number of aromatic amines is 1. The smallest absolute Gasteiger partial charge is 0.182 e. The van der Waals surface area contributed by atoms with Crippen LogP contribution in [0.4, 0.5) is 5.82 Å². The van der Waals surface area contributed by atoms with Gasteiger partial charge in [0.15, 0.2) is 11.5 Å². The minimum atomic E-state index is -0.766. The highest BCUT2D eigenvalue weighted by atomic mass is 32.2. The molecule has 6 nitrogen and oxygen atoms in total. The molecule has 0 bridgehead atoms. The number of nitrogens with one attached hydrogen (secondary N) is 1. The number of aromatic nitrogens is 4. The second-order valence-electron chi connectivity index (χ2n) is 5.16. The molecule has 1 aliphatic heterocycles. The molecule has 20 heavy (non-hydrogen) atoms. The van der Waals surface area contributed by atoms with Crippen LogP contribution in [0.5, 0.6) is 0 Å². The van der Waals surface area contributed by atoms with Crippen LogP contribution in [-0.4, -0.2) is 47.7 Å². The van der Waals surface area contributed by atoms with Crippen LogP contribution in [0.25, 0.3) is 11.2 Å². The Balaban J connectivity index is 1.99. The second-order valence-corrected chi connectivity index (χ2v) is 7.13. The first-order valence-corrected chi connectivity index (χ1v) is 8.29. The summed E-state index contributed by atoms with van der Waals surface area (Å²) < 4.78 is 12.3. The zero-order valence-electron chi connectivity index (χ0n) is 11.8. The van der Waals surface area contributed by atoms with Gasteiger partial charge >= 0.3 is 0 Å². The molecule has 0 spiro atoms. The van der Waals surface area contributed by atoms with E-state index in [1.54, 1.807) is 12.7 Å². The largest absolute Gasteiger partial charge is 0.352 e. The highest BCUT2D eigenvalue weighted by Gasteiger charge is 2.39. The summed E-state index contributed by atoms with van der Waals surface area (Å²) in [5.74, 6) is 1.57.